The molecular weight excluding hydrogens is 468 g/mol. The van der Waals surface area contributed by atoms with Gasteiger partial charge in [0, 0.05) is 0 Å². The Morgan fingerprint density at radius 2 is 0.861 bits per heavy atom. The van der Waals surface area contributed by atoms with Crippen LogP contribution < -0.4 is 0 Å². The van der Waals surface area contributed by atoms with Crippen molar-refractivity contribution in [1.82, 2.24) is 0 Å². The molecule has 0 N–H and O–H groups in total. The highest BCUT2D eigenvalue weighted by Gasteiger charge is 2.55. The lowest BCUT2D eigenvalue weighted by molar-refractivity contribution is -0.293. The molecule has 1 aliphatic rings. The number of carbonyl (C=O) groups excluding carboxylic acids is 4. The van der Waals surface area contributed by atoms with Crippen molar-refractivity contribution in [2.24, 2.45) is 21.7 Å². The van der Waals surface area contributed by atoms with Gasteiger partial charge in [-0.05, 0) is 83.1 Å². The zero-order valence-corrected chi connectivity index (χ0v) is 23.6. The average Bonchev–Trinajstić information content (AvgIpc) is 2.68. The number of hydrogen-bond donors (Lipinski definition) is 0. The first-order valence-electron chi connectivity index (χ1n) is 12.0. The molecule has 0 aromatic rings. The number of hydrogen-bond acceptors (Lipinski definition) is 9. The van der Waals surface area contributed by atoms with E-state index < -0.39 is 76.2 Å². The van der Waals surface area contributed by atoms with E-state index in [2.05, 4.69) is 5.92 Å². The first-order chi connectivity index (χ1) is 16.0. The minimum Gasteiger partial charge on any atom is -0.454 e. The summed E-state index contributed by atoms with van der Waals surface area (Å²) in [5, 5.41) is 0. The van der Waals surface area contributed by atoms with Gasteiger partial charge >= 0.3 is 23.9 Å². The normalized spacial score (nSPS) is 25.2. The second kappa shape index (κ2) is 10.8. The van der Waals surface area contributed by atoms with Gasteiger partial charge in [-0.3, -0.25) is 19.2 Å². The maximum atomic E-state index is 13.0. The lowest BCUT2D eigenvalue weighted by Gasteiger charge is -2.44. The molecule has 0 amide bonds. The van der Waals surface area contributed by atoms with Gasteiger partial charge in [0.2, 0.25) is 12.4 Å². The van der Waals surface area contributed by atoms with E-state index in [1.165, 1.54) is 0 Å². The molecule has 1 heterocycles. The molecule has 0 aliphatic carbocycles. The number of ether oxygens (including phenoxy) is 5. The standard InChI is InChI=1S/C27H42O9/c1-14-15-16(33-20(28)24(2,3)4)17(34-21(29)25(5,6)7)18(35-22(30)26(8,9)10)19(32-15)36-23(31)27(11,12)13/h1,15-19H,2-13H3/t15-,16+,17+,18+,19?/m0/s1. The number of carbonyl (C=O) groups is 4. The lowest BCUT2D eigenvalue weighted by atomic mass is 9.93. The van der Waals surface area contributed by atoms with Gasteiger partial charge < -0.3 is 23.7 Å². The molecular formula is C27H42O9. The van der Waals surface area contributed by atoms with Crippen LogP contribution in [0.1, 0.15) is 83.1 Å². The molecule has 1 saturated heterocycles. The van der Waals surface area contributed by atoms with Crippen molar-refractivity contribution in [3.8, 4) is 12.3 Å². The Balaban J connectivity index is 3.66. The summed E-state index contributed by atoms with van der Waals surface area (Å²) in [7, 11) is 0. The van der Waals surface area contributed by atoms with Crippen LogP contribution >= 0.6 is 0 Å². The summed E-state index contributed by atoms with van der Waals surface area (Å²) in [5.41, 5.74) is -3.78. The molecule has 9 nitrogen and oxygen atoms in total. The smallest absolute Gasteiger partial charge is 0.313 e. The summed E-state index contributed by atoms with van der Waals surface area (Å²) in [5.74, 6) is -0.267. The van der Waals surface area contributed by atoms with Crippen molar-refractivity contribution in [3.63, 3.8) is 0 Å². The predicted octanol–water partition coefficient (Wildman–Crippen LogP) is 3.81. The molecule has 1 aliphatic heterocycles. The van der Waals surface area contributed by atoms with E-state index in [1.54, 1.807) is 83.1 Å². The van der Waals surface area contributed by atoms with Gasteiger partial charge in [-0.2, -0.15) is 0 Å². The van der Waals surface area contributed by atoms with Crippen LogP contribution in [-0.4, -0.2) is 54.6 Å². The minimum absolute atomic E-state index is 0.640. The van der Waals surface area contributed by atoms with Crippen LogP contribution in [0.5, 0.6) is 0 Å². The fourth-order valence-electron chi connectivity index (χ4n) is 2.61. The number of rotatable bonds is 4. The molecule has 5 atom stereocenters. The van der Waals surface area contributed by atoms with Crippen LogP contribution in [0.25, 0.3) is 0 Å². The second-order valence-electron chi connectivity index (χ2n) is 13.1. The van der Waals surface area contributed by atoms with Crippen molar-refractivity contribution in [2.75, 3.05) is 0 Å². The van der Waals surface area contributed by atoms with Crippen LogP contribution in [0, 0.1) is 34.0 Å². The molecule has 36 heavy (non-hydrogen) atoms. The molecule has 0 saturated carbocycles. The molecule has 1 fully saturated rings. The van der Waals surface area contributed by atoms with Crippen LogP contribution in [0.15, 0.2) is 0 Å². The summed E-state index contributed by atoms with van der Waals surface area (Å²) < 4.78 is 28.6. The van der Waals surface area contributed by atoms with Crippen LogP contribution in [0.2, 0.25) is 0 Å². The Labute approximate surface area is 214 Å². The first kappa shape index (κ1) is 31.4. The third kappa shape index (κ3) is 8.22. The Hall–Kier alpha value is -2.60. The van der Waals surface area contributed by atoms with E-state index >= 15 is 0 Å². The quantitative estimate of drug-likeness (QED) is 0.316. The maximum absolute atomic E-state index is 13.0. The zero-order valence-electron chi connectivity index (χ0n) is 23.6. The minimum atomic E-state index is -1.52. The monoisotopic (exact) mass is 510 g/mol. The van der Waals surface area contributed by atoms with E-state index in [0.717, 1.165) is 0 Å². The molecule has 0 radical (unpaired) electrons. The van der Waals surface area contributed by atoms with Crippen LogP contribution in [0.3, 0.4) is 0 Å². The largest absolute Gasteiger partial charge is 0.454 e. The lowest BCUT2D eigenvalue weighted by Crippen LogP contribution is -2.63. The Kier molecular flexibility index (Phi) is 9.42. The third-order valence-corrected chi connectivity index (χ3v) is 5.06. The molecule has 0 aromatic carbocycles. The highest BCUT2D eigenvalue weighted by atomic mass is 16.7. The molecule has 1 rings (SSSR count). The summed E-state index contributed by atoms with van der Waals surface area (Å²) in [6.07, 6.45) is -1.31. The van der Waals surface area contributed by atoms with Crippen molar-refractivity contribution < 1.29 is 42.9 Å². The van der Waals surface area contributed by atoms with Crippen molar-refractivity contribution in [3.05, 3.63) is 0 Å². The zero-order chi connectivity index (χ0) is 28.4. The van der Waals surface area contributed by atoms with E-state index in [1.807, 2.05) is 0 Å². The van der Waals surface area contributed by atoms with Gasteiger partial charge in [-0.15, -0.1) is 6.42 Å². The predicted molar refractivity (Wildman–Crippen MR) is 131 cm³/mol. The van der Waals surface area contributed by atoms with E-state index in [4.69, 9.17) is 30.1 Å². The Morgan fingerprint density at radius 1 is 0.556 bits per heavy atom. The number of terminal acetylenes is 1. The molecule has 1 unspecified atom stereocenters. The van der Waals surface area contributed by atoms with Crippen LogP contribution in [0.4, 0.5) is 0 Å². The summed E-state index contributed by atoms with van der Waals surface area (Å²) in [6, 6.07) is 0. The molecule has 0 spiro atoms. The highest BCUT2D eigenvalue weighted by Crippen LogP contribution is 2.34. The summed E-state index contributed by atoms with van der Waals surface area (Å²) in [4.78, 5) is 51.5. The van der Waals surface area contributed by atoms with Crippen molar-refractivity contribution in [2.45, 2.75) is 114 Å². The molecule has 0 bridgehead atoms. The van der Waals surface area contributed by atoms with Gasteiger partial charge in [0.15, 0.2) is 18.3 Å². The topological polar surface area (TPSA) is 114 Å². The number of esters is 4. The fourth-order valence-corrected chi connectivity index (χ4v) is 2.61. The van der Waals surface area contributed by atoms with Gasteiger partial charge in [-0.25, -0.2) is 0 Å². The summed E-state index contributed by atoms with van der Waals surface area (Å²) in [6.45, 7) is 19.6. The van der Waals surface area contributed by atoms with Crippen molar-refractivity contribution in [1.29, 1.82) is 0 Å². The van der Waals surface area contributed by atoms with Gasteiger partial charge in [0.25, 0.3) is 0 Å². The van der Waals surface area contributed by atoms with Gasteiger partial charge in [-0.1, -0.05) is 5.92 Å². The highest BCUT2D eigenvalue weighted by molar-refractivity contribution is 5.78. The molecule has 0 aromatic heterocycles. The fraction of sp³-hybridized carbons (Fsp3) is 0.778. The van der Waals surface area contributed by atoms with Gasteiger partial charge in [0.1, 0.15) is 0 Å². The SMILES string of the molecule is C#C[C@@H]1OC(OC(=O)C(C)(C)C)[C@H](OC(=O)C(C)(C)C)[C@H](OC(=O)C(C)(C)C)[C@@H]1OC(=O)C(C)(C)C. The van der Waals surface area contributed by atoms with Gasteiger partial charge in [0.05, 0.1) is 21.7 Å². The van der Waals surface area contributed by atoms with Crippen LogP contribution in [-0.2, 0) is 42.9 Å². The van der Waals surface area contributed by atoms with E-state index in [0.29, 0.717) is 0 Å². The summed E-state index contributed by atoms with van der Waals surface area (Å²) >= 11 is 0. The van der Waals surface area contributed by atoms with Crippen molar-refractivity contribution >= 4 is 23.9 Å². The molecule has 9 heteroatoms. The first-order valence-corrected chi connectivity index (χ1v) is 12.0. The maximum Gasteiger partial charge on any atom is 0.313 e. The van der Waals surface area contributed by atoms with E-state index in [-0.39, 0.29) is 0 Å². The third-order valence-electron chi connectivity index (χ3n) is 5.06. The Bertz CT molecular complexity index is 885. The molecule has 204 valence electrons. The Morgan fingerprint density at radius 3 is 1.19 bits per heavy atom. The van der Waals surface area contributed by atoms with E-state index in [9.17, 15) is 19.2 Å². The second-order valence-corrected chi connectivity index (χ2v) is 13.1. The average molecular weight is 511 g/mol.